The van der Waals surface area contributed by atoms with Crippen molar-refractivity contribution in [1.29, 1.82) is 0 Å². The number of aliphatic hydroxyl groups excluding tert-OH is 1. The van der Waals surface area contributed by atoms with Crippen molar-refractivity contribution in [3.8, 4) is 0 Å². The Labute approximate surface area is 113 Å². The highest BCUT2D eigenvalue weighted by molar-refractivity contribution is 6.30. The van der Waals surface area contributed by atoms with Gasteiger partial charge in [0, 0.05) is 30.0 Å². The molecule has 1 aliphatic rings. The molecule has 18 heavy (non-hydrogen) atoms. The summed E-state index contributed by atoms with van der Waals surface area (Å²) in [5.41, 5.74) is 6.86. The Kier molecular flexibility index (Phi) is 5.01. The van der Waals surface area contributed by atoms with Crippen LogP contribution in [0.15, 0.2) is 24.3 Å². The van der Waals surface area contributed by atoms with E-state index in [0.717, 1.165) is 25.0 Å². The first kappa shape index (κ1) is 13.8. The molecule has 0 amide bonds. The molecule has 0 spiro atoms. The quantitative estimate of drug-likeness (QED) is 0.881. The molecule has 3 atom stereocenters. The van der Waals surface area contributed by atoms with E-state index in [0.29, 0.717) is 18.2 Å². The summed E-state index contributed by atoms with van der Waals surface area (Å²) in [5, 5.41) is 11.2. The van der Waals surface area contributed by atoms with Crippen LogP contribution in [0.2, 0.25) is 5.02 Å². The number of hydrogen-bond donors (Lipinski definition) is 2. The van der Waals surface area contributed by atoms with E-state index in [4.69, 9.17) is 22.1 Å². The lowest BCUT2D eigenvalue weighted by Gasteiger charge is -2.32. The number of halogens is 1. The monoisotopic (exact) mass is 269 g/mol. The number of aliphatic hydroxyl groups is 1. The molecule has 0 saturated carbocycles. The average Bonchev–Trinajstić information content (AvgIpc) is 2.42. The fourth-order valence-corrected chi connectivity index (χ4v) is 2.67. The summed E-state index contributed by atoms with van der Waals surface area (Å²) in [7, 11) is 0. The van der Waals surface area contributed by atoms with Crippen LogP contribution in [0, 0.1) is 5.92 Å². The molecule has 1 aromatic rings. The third-order valence-electron chi connectivity index (χ3n) is 3.64. The van der Waals surface area contributed by atoms with Crippen LogP contribution in [0.1, 0.15) is 24.3 Å². The summed E-state index contributed by atoms with van der Waals surface area (Å²) in [6.07, 6.45) is 1.57. The summed E-state index contributed by atoms with van der Waals surface area (Å²) >= 11 is 5.87. The molecule has 0 aromatic heterocycles. The van der Waals surface area contributed by atoms with Gasteiger partial charge in [-0.1, -0.05) is 23.7 Å². The number of rotatable bonds is 4. The van der Waals surface area contributed by atoms with Gasteiger partial charge in [0.05, 0.1) is 12.7 Å². The van der Waals surface area contributed by atoms with Crippen molar-refractivity contribution in [2.45, 2.75) is 24.9 Å². The molecule has 3 nitrogen and oxygen atoms in total. The third kappa shape index (κ3) is 3.23. The molecule has 2 rings (SSSR count). The molecule has 3 N–H and O–H groups in total. The zero-order chi connectivity index (χ0) is 13.0. The van der Waals surface area contributed by atoms with Crippen LogP contribution >= 0.6 is 11.6 Å². The van der Waals surface area contributed by atoms with E-state index in [2.05, 4.69) is 0 Å². The minimum absolute atomic E-state index is 0.0473. The second-order valence-corrected chi connectivity index (χ2v) is 5.30. The van der Waals surface area contributed by atoms with E-state index >= 15 is 0 Å². The van der Waals surface area contributed by atoms with Gasteiger partial charge in [-0.15, -0.1) is 0 Å². The largest absolute Gasteiger partial charge is 0.392 e. The van der Waals surface area contributed by atoms with Gasteiger partial charge in [0.1, 0.15) is 0 Å². The van der Waals surface area contributed by atoms with E-state index in [9.17, 15) is 5.11 Å². The van der Waals surface area contributed by atoms with Crippen molar-refractivity contribution in [3.63, 3.8) is 0 Å². The minimum Gasteiger partial charge on any atom is -0.392 e. The molecule has 100 valence electrons. The van der Waals surface area contributed by atoms with Gasteiger partial charge in [-0.2, -0.15) is 0 Å². The van der Waals surface area contributed by atoms with Gasteiger partial charge in [0.15, 0.2) is 0 Å². The van der Waals surface area contributed by atoms with Gasteiger partial charge in [-0.25, -0.2) is 0 Å². The Morgan fingerprint density at radius 2 is 2.11 bits per heavy atom. The number of nitrogens with two attached hydrogens (primary N) is 1. The van der Waals surface area contributed by atoms with Crippen molar-refractivity contribution < 1.29 is 9.84 Å². The van der Waals surface area contributed by atoms with Gasteiger partial charge in [0.2, 0.25) is 0 Å². The lowest BCUT2D eigenvalue weighted by Crippen LogP contribution is -2.36. The maximum atomic E-state index is 10.5. The minimum atomic E-state index is -0.448. The van der Waals surface area contributed by atoms with Crippen LogP contribution in [-0.2, 0) is 4.74 Å². The normalized spacial score (nSPS) is 23.6. The fourth-order valence-electron chi connectivity index (χ4n) is 2.55. The molecule has 0 radical (unpaired) electrons. The maximum absolute atomic E-state index is 10.5. The van der Waals surface area contributed by atoms with Crippen LogP contribution in [-0.4, -0.2) is 31.0 Å². The van der Waals surface area contributed by atoms with E-state index in [1.54, 1.807) is 0 Å². The third-order valence-corrected chi connectivity index (χ3v) is 3.89. The second kappa shape index (κ2) is 6.53. The van der Waals surface area contributed by atoms with Gasteiger partial charge < -0.3 is 15.6 Å². The summed E-state index contributed by atoms with van der Waals surface area (Å²) in [6, 6.07) is 7.55. The number of hydrogen-bond acceptors (Lipinski definition) is 3. The zero-order valence-corrected chi connectivity index (χ0v) is 11.1. The van der Waals surface area contributed by atoms with Crippen molar-refractivity contribution in [2.75, 3.05) is 19.8 Å². The first-order chi connectivity index (χ1) is 8.72. The van der Waals surface area contributed by atoms with Crippen LogP contribution in [0.5, 0.6) is 0 Å². The molecule has 0 bridgehead atoms. The fraction of sp³-hybridized carbons (Fsp3) is 0.571. The molecule has 1 aliphatic heterocycles. The first-order valence-corrected chi connectivity index (χ1v) is 6.81. The Bertz CT molecular complexity index is 363. The highest BCUT2D eigenvalue weighted by Crippen LogP contribution is 2.29. The predicted octanol–water partition coefficient (Wildman–Crippen LogP) is 2.17. The average molecular weight is 270 g/mol. The van der Waals surface area contributed by atoms with Crippen LogP contribution in [0.25, 0.3) is 0 Å². The van der Waals surface area contributed by atoms with Gasteiger partial charge >= 0.3 is 0 Å². The van der Waals surface area contributed by atoms with E-state index in [-0.39, 0.29) is 11.8 Å². The summed E-state index contributed by atoms with van der Waals surface area (Å²) in [6.45, 7) is 1.86. The highest BCUT2D eigenvalue weighted by Gasteiger charge is 2.29. The predicted molar refractivity (Wildman–Crippen MR) is 72.8 cm³/mol. The van der Waals surface area contributed by atoms with Crippen LogP contribution in [0.3, 0.4) is 0 Å². The highest BCUT2D eigenvalue weighted by atomic mass is 35.5. The molecule has 1 fully saturated rings. The summed E-state index contributed by atoms with van der Waals surface area (Å²) in [4.78, 5) is 0. The Balaban J connectivity index is 2.09. The molecule has 1 saturated heterocycles. The van der Waals surface area contributed by atoms with Gasteiger partial charge in [0.25, 0.3) is 0 Å². The van der Waals surface area contributed by atoms with Crippen molar-refractivity contribution >= 4 is 11.6 Å². The standard InChI is InChI=1S/C14H20ClNO2/c15-12-5-3-10(4-6-12)13(8-16)14(17)11-2-1-7-18-9-11/h3-6,11,13-14,17H,1-2,7-9,16H2. The SMILES string of the molecule is NCC(c1ccc(Cl)cc1)C(O)C1CCCOC1. The molecule has 1 heterocycles. The lowest BCUT2D eigenvalue weighted by molar-refractivity contribution is -0.0184. The van der Waals surface area contributed by atoms with E-state index < -0.39 is 6.10 Å². The molecular formula is C14H20ClNO2. The van der Waals surface area contributed by atoms with Gasteiger partial charge in [-0.05, 0) is 30.5 Å². The molecular weight excluding hydrogens is 250 g/mol. The maximum Gasteiger partial charge on any atom is 0.0670 e. The van der Waals surface area contributed by atoms with Crippen molar-refractivity contribution in [1.82, 2.24) is 0 Å². The lowest BCUT2D eigenvalue weighted by atomic mass is 9.83. The van der Waals surface area contributed by atoms with E-state index in [1.165, 1.54) is 0 Å². The summed E-state index contributed by atoms with van der Waals surface area (Å²) in [5.74, 6) is 0.136. The van der Waals surface area contributed by atoms with E-state index in [1.807, 2.05) is 24.3 Å². The van der Waals surface area contributed by atoms with Crippen molar-refractivity contribution in [3.05, 3.63) is 34.9 Å². The zero-order valence-electron chi connectivity index (χ0n) is 10.4. The second-order valence-electron chi connectivity index (χ2n) is 4.86. The molecule has 4 heteroatoms. The molecule has 3 unspecified atom stereocenters. The number of ether oxygens (including phenoxy) is 1. The topological polar surface area (TPSA) is 55.5 Å². The Morgan fingerprint density at radius 1 is 1.39 bits per heavy atom. The number of benzene rings is 1. The Hall–Kier alpha value is -0.610. The van der Waals surface area contributed by atoms with Crippen LogP contribution in [0.4, 0.5) is 0 Å². The molecule has 0 aliphatic carbocycles. The first-order valence-electron chi connectivity index (χ1n) is 6.43. The van der Waals surface area contributed by atoms with Crippen LogP contribution < -0.4 is 5.73 Å². The Morgan fingerprint density at radius 3 is 2.67 bits per heavy atom. The van der Waals surface area contributed by atoms with Gasteiger partial charge in [-0.3, -0.25) is 0 Å². The summed E-state index contributed by atoms with van der Waals surface area (Å²) < 4.78 is 5.43. The molecule has 1 aromatic carbocycles. The van der Waals surface area contributed by atoms with Crippen molar-refractivity contribution in [2.24, 2.45) is 11.7 Å². The smallest absolute Gasteiger partial charge is 0.0670 e.